The Morgan fingerprint density at radius 2 is 0.780 bits per heavy atom. The van der Waals surface area contributed by atoms with Crippen molar-refractivity contribution in [2.45, 2.75) is 0 Å². The van der Waals surface area contributed by atoms with Crippen LogP contribution >= 0.6 is 0 Å². The fraction of sp³-hybridized carbons (Fsp3) is 0. The highest BCUT2D eigenvalue weighted by Gasteiger charge is 2.18. The second-order valence-electron chi connectivity index (χ2n) is 12.4. The molecule has 0 N–H and O–H groups in total. The van der Waals surface area contributed by atoms with Crippen LogP contribution < -0.4 is 0 Å². The number of para-hydroxylation sites is 4. The van der Waals surface area contributed by atoms with E-state index in [0.29, 0.717) is 0 Å². The van der Waals surface area contributed by atoms with Crippen LogP contribution in [0.4, 0.5) is 0 Å². The highest BCUT2D eigenvalue weighted by atomic mass is 16.3. The van der Waals surface area contributed by atoms with Gasteiger partial charge in [-0.05, 0) is 89.0 Å². The van der Waals surface area contributed by atoms with Gasteiger partial charge in [-0.2, -0.15) is 0 Å². The normalized spacial score (nSPS) is 11.6. The van der Waals surface area contributed by atoms with Gasteiger partial charge in [0.25, 0.3) is 0 Å². The Morgan fingerprint density at radius 3 is 1.28 bits per heavy atom. The van der Waals surface area contributed by atoms with Crippen LogP contribution in [0.5, 0.6) is 0 Å². The first-order valence-electron chi connectivity index (χ1n) is 16.6. The Labute approximate surface area is 287 Å². The minimum atomic E-state index is 0.773. The SMILES string of the molecule is c1ccc(-c2cc(-c3cc(-c4cccc5c4oc4ccccc45)cc(-c4cccc5c4oc4ccccc45)c3)cc(-c3ccccn3)n2)nc1. The number of rotatable bonds is 5. The van der Waals surface area contributed by atoms with E-state index in [0.717, 1.165) is 100 Å². The van der Waals surface area contributed by atoms with Crippen LogP contribution in [0.15, 0.2) is 173 Å². The van der Waals surface area contributed by atoms with Gasteiger partial charge in [-0.3, -0.25) is 9.97 Å². The van der Waals surface area contributed by atoms with E-state index in [1.54, 1.807) is 12.4 Å². The lowest BCUT2D eigenvalue weighted by Crippen LogP contribution is -1.94. The van der Waals surface area contributed by atoms with Gasteiger partial charge in [0, 0.05) is 45.1 Å². The number of furan rings is 2. The van der Waals surface area contributed by atoms with E-state index in [-0.39, 0.29) is 0 Å². The Morgan fingerprint density at radius 1 is 0.340 bits per heavy atom. The van der Waals surface area contributed by atoms with Gasteiger partial charge in [-0.25, -0.2) is 4.98 Å². The highest BCUT2D eigenvalue weighted by Crippen LogP contribution is 2.42. The molecule has 0 saturated carbocycles. The van der Waals surface area contributed by atoms with Crippen LogP contribution in [0.3, 0.4) is 0 Å². The van der Waals surface area contributed by atoms with Crippen molar-refractivity contribution >= 4 is 43.9 Å². The smallest absolute Gasteiger partial charge is 0.143 e. The average Bonchev–Trinajstić information content (AvgIpc) is 3.77. The molecule has 10 aromatic rings. The lowest BCUT2D eigenvalue weighted by Gasteiger charge is -2.14. The maximum atomic E-state index is 6.55. The molecule has 0 aliphatic rings. The van der Waals surface area contributed by atoms with E-state index in [1.807, 2.05) is 60.7 Å². The van der Waals surface area contributed by atoms with Crippen molar-refractivity contribution < 1.29 is 8.83 Å². The third-order valence-corrected chi connectivity index (χ3v) is 9.38. The predicted molar refractivity (Wildman–Crippen MR) is 202 cm³/mol. The maximum Gasteiger partial charge on any atom is 0.143 e. The molecule has 5 heterocycles. The van der Waals surface area contributed by atoms with Gasteiger partial charge in [0.2, 0.25) is 0 Å². The molecule has 0 fully saturated rings. The zero-order chi connectivity index (χ0) is 33.0. The first kappa shape index (κ1) is 28.2. The molecule has 0 spiro atoms. The average molecular weight is 642 g/mol. The van der Waals surface area contributed by atoms with Crippen LogP contribution in [0.1, 0.15) is 0 Å². The minimum absolute atomic E-state index is 0.773. The lowest BCUT2D eigenvalue weighted by molar-refractivity contribution is 0.670. The molecule has 0 atom stereocenters. The molecule has 5 aromatic carbocycles. The second-order valence-corrected chi connectivity index (χ2v) is 12.4. The number of benzene rings is 5. The van der Waals surface area contributed by atoms with Gasteiger partial charge in [-0.1, -0.05) is 84.9 Å². The third-order valence-electron chi connectivity index (χ3n) is 9.38. The van der Waals surface area contributed by atoms with E-state index in [4.69, 9.17) is 13.8 Å². The molecule has 0 amide bonds. The minimum Gasteiger partial charge on any atom is -0.455 e. The fourth-order valence-corrected chi connectivity index (χ4v) is 7.04. The molecule has 0 unspecified atom stereocenters. The molecule has 0 bridgehead atoms. The summed E-state index contributed by atoms with van der Waals surface area (Å²) in [5, 5.41) is 4.37. The zero-order valence-electron chi connectivity index (χ0n) is 26.7. The predicted octanol–water partition coefficient (Wildman–Crippen LogP) is 12.0. The summed E-state index contributed by atoms with van der Waals surface area (Å²) < 4.78 is 13.1. The van der Waals surface area contributed by atoms with Crippen molar-refractivity contribution in [1.82, 2.24) is 15.0 Å². The summed E-state index contributed by atoms with van der Waals surface area (Å²) in [6.45, 7) is 0. The topological polar surface area (TPSA) is 65.0 Å². The summed E-state index contributed by atoms with van der Waals surface area (Å²) in [6, 6.07) is 51.9. The van der Waals surface area contributed by atoms with Crippen LogP contribution in [-0.2, 0) is 0 Å². The zero-order valence-corrected chi connectivity index (χ0v) is 26.7. The van der Waals surface area contributed by atoms with Crippen molar-refractivity contribution in [2.24, 2.45) is 0 Å². The Kier molecular flexibility index (Phi) is 6.42. The van der Waals surface area contributed by atoms with Gasteiger partial charge >= 0.3 is 0 Å². The largest absolute Gasteiger partial charge is 0.455 e. The van der Waals surface area contributed by atoms with Crippen molar-refractivity contribution in [1.29, 1.82) is 0 Å². The van der Waals surface area contributed by atoms with Gasteiger partial charge in [0.1, 0.15) is 22.3 Å². The summed E-state index contributed by atoms with van der Waals surface area (Å²) >= 11 is 0. The molecule has 0 saturated heterocycles. The molecule has 234 valence electrons. The quantitative estimate of drug-likeness (QED) is 0.187. The number of fused-ring (bicyclic) bond motifs is 6. The Bertz CT molecular complexity index is 2680. The first-order chi connectivity index (χ1) is 24.8. The van der Waals surface area contributed by atoms with Gasteiger partial charge < -0.3 is 8.83 Å². The molecule has 5 nitrogen and oxygen atoms in total. The number of nitrogens with zero attached hydrogens (tertiary/aromatic N) is 3. The summed E-state index contributed by atoms with van der Waals surface area (Å²) in [4.78, 5) is 14.3. The molecule has 5 heteroatoms. The van der Waals surface area contributed by atoms with Crippen LogP contribution in [-0.4, -0.2) is 15.0 Å². The molecule has 50 heavy (non-hydrogen) atoms. The standard InChI is InChI=1S/C45H27N3O2/c1-3-19-42-34(11-1)36-15-9-13-32(44(36)49-42)30-23-28(24-31(25-30)33-14-10-16-37-35-12-2-4-20-43(35)50-45(33)37)29-26-40(38-17-5-7-21-46-38)48-41(27-29)39-18-6-8-22-47-39/h1-27H. The van der Waals surface area contributed by atoms with E-state index in [9.17, 15) is 0 Å². The molecule has 0 aliphatic heterocycles. The monoisotopic (exact) mass is 641 g/mol. The number of aromatic nitrogens is 3. The molecular weight excluding hydrogens is 615 g/mol. The number of hydrogen-bond donors (Lipinski definition) is 0. The molecule has 0 aliphatic carbocycles. The van der Waals surface area contributed by atoms with Crippen molar-refractivity contribution in [2.75, 3.05) is 0 Å². The Hall–Kier alpha value is -6.85. The fourth-order valence-electron chi connectivity index (χ4n) is 7.04. The van der Waals surface area contributed by atoms with Crippen LogP contribution in [0, 0.1) is 0 Å². The van der Waals surface area contributed by atoms with E-state index < -0.39 is 0 Å². The van der Waals surface area contributed by atoms with Crippen molar-refractivity contribution in [3.63, 3.8) is 0 Å². The third kappa shape index (κ3) is 4.67. The van der Waals surface area contributed by atoms with Gasteiger partial charge in [0.05, 0.1) is 22.8 Å². The first-order valence-corrected chi connectivity index (χ1v) is 16.6. The Balaban J connectivity index is 1.26. The molecule has 0 radical (unpaired) electrons. The number of pyridine rings is 3. The molecule has 10 rings (SSSR count). The highest BCUT2D eigenvalue weighted by molar-refractivity contribution is 6.11. The summed E-state index contributed by atoms with van der Waals surface area (Å²) in [6.07, 6.45) is 3.59. The number of hydrogen-bond acceptors (Lipinski definition) is 5. The van der Waals surface area contributed by atoms with Crippen LogP contribution in [0.2, 0.25) is 0 Å². The van der Waals surface area contributed by atoms with Crippen LogP contribution in [0.25, 0.3) is 100 Å². The summed E-state index contributed by atoms with van der Waals surface area (Å²) in [7, 11) is 0. The second kappa shape index (κ2) is 11.4. The summed E-state index contributed by atoms with van der Waals surface area (Å²) in [5.41, 5.74) is 12.7. The maximum absolute atomic E-state index is 6.55. The molecular formula is C45H27N3O2. The van der Waals surface area contributed by atoms with E-state index in [1.165, 1.54) is 0 Å². The van der Waals surface area contributed by atoms with Crippen molar-refractivity contribution in [3.05, 3.63) is 164 Å². The molecule has 5 aromatic heterocycles. The summed E-state index contributed by atoms with van der Waals surface area (Å²) in [5.74, 6) is 0. The van der Waals surface area contributed by atoms with Crippen molar-refractivity contribution in [3.8, 4) is 56.2 Å². The lowest BCUT2D eigenvalue weighted by atomic mass is 9.91. The van der Waals surface area contributed by atoms with Gasteiger partial charge in [0.15, 0.2) is 0 Å². The van der Waals surface area contributed by atoms with Gasteiger partial charge in [-0.15, -0.1) is 0 Å². The van der Waals surface area contributed by atoms with E-state index in [2.05, 4.69) is 101 Å². The van der Waals surface area contributed by atoms with E-state index >= 15 is 0 Å².